The summed E-state index contributed by atoms with van der Waals surface area (Å²) in [6, 6.07) is 9.60. The van der Waals surface area contributed by atoms with E-state index in [-0.39, 0.29) is 64.4 Å². The minimum Gasteiger partial charge on any atom is -0.469 e. The maximum Gasteiger partial charge on any atom is 0.311 e. The average Bonchev–Trinajstić information content (AvgIpc) is 3.19. The first kappa shape index (κ1) is 46.4. The largest absolute Gasteiger partial charge is 0.469 e. The van der Waals surface area contributed by atoms with Crippen molar-refractivity contribution >= 4 is 29.7 Å². The van der Waals surface area contributed by atoms with Crippen molar-refractivity contribution in [2.24, 2.45) is 50.2 Å². The Labute approximate surface area is 367 Å². The average molecular weight is 863 g/mol. The number of rotatable bonds is 10. The van der Waals surface area contributed by atoms with E-state index in [1.165, 1.54) is 33.5 Å². The van der Waals surface area contributed by atoms with Crippen molar-refractivity contribution in [1.29, 1.82) is 0 Å². The second-order valence-electron chi connectivity index (χ2n) is 21.5. The number of methoxy groups -OCH3 is 1. The molecule has 0 unspecified atom stereocenters. The molecule has 0 N–H and O–H groups in total. The normalized spacial score (nSPS) is 42.1. The van der Waals surface area contributed by atoms with E-state index in [4.69, 9.17) is 33.2 Å². The van der Waals surface area contributed by atoms with Gasteiger partial charge in [0.05, 0.1) is 31.8 Å². The van der Waals surface area contributed by atoms with Crippen LogP contribution in [-0.4, -0.2) is 80.2 Å². The minimum atomic E-state index is -1.26. The molecule has 1 aromatic carbocycles. The number of hydrogen-bond donors (Lipinski definition) is 0. The third-order valence-corrected chi connectivity index (χ3v) is 17.4. The van der Waals surface area contributed by atoms with E-state index in [1.54, 1.807) is 0 Å². The van der Waals surface area contributed by atoms with Crippen molar-refractivity contribution in [1.82, 2.24) is 0 Å². The molecule has 342 valence electrons. The van der Waals surface area contributed by atoms with E-state index in [0.717, 1.165) is 50.5 Å². The number of benzene rings is 1. The van der Waals surface area contributed by atoms with E-state index in [0.29, 0.717) is 12.8 Å². The summed E-state index contributed by atoms with van der Waals surface area (Å²) < 4.78 is 42.5. The zero-order valence-electron chi connectivity index (χ0n) is 38.8. The summed E-state index contributed by atoms with van der Waals surface area (Å²) in [7, 11) is 1.48. The van der Waals surface area contributed by atoms with Gasteiger partial charge in [-0.05, 0) is 115 Å². The number of esters is 4. The summed E-state index contributed by atoms with van der Waals surface area (Å²) in [6.07, 6.45) is 3.33. The Morgan fingerprint density at radius 2 is 1.39 bits per heavy atom. The first-order valence-electron chi connectivity index (χ1n) is 22.8. The molecule has 12 heteroatoms. The van der Waals surface area contributed by atoms with Crippen LogP contribution in [0.5, 0.6) is 0 Å². The monoisotopic (exact) mass is 862 g/mol. The highest BCUT2D eigenvalue weighted by Crippen LogP contribution is 2.75. The van der Waals surface area contributed by atoms with Crippen molar-refractivity contribution in [2.45, 2.75) is 170 Å². The van der Waals surface area contributed by atoms with Gasteiger partial charge in [-0.1, -0.05) is 77.4 Å². The van der Waals surface area contributed by atoms with Gasteiger partial charge in [0.15, 0.2) is 30.4 Å². The third kappa shape index (κ3) is 7.86. The highest BCUT2D eigenvalue weighted by molar-refractivity contribution is 5.95. The van der Waals surface area contributed by atoms with E-state index in [1.807, 2.05) is 43.3 Å². The molecule has 4 saturated carbocycles. The first-order valence-corrected chi connectivity index (χ1v) is 22.8. The molecular formula is C50H70O12. The van der Waals surface area contributed by atoms with E-state index < -0.39 is 65.5 Å². The summed E-state index contributed by atoms with van der Waals surface area (Å²) >= 11 is 0. The van der Waals surface area contributed by atoms with Crippen LogP contribution in [0.25, 0.3) is 0 Å². The maximum absolute atomic E-state index is 15.1. The molecule has 0 bridgehead atoms. The molecule has 0 aromatic heterocycles. The SMILES string of the molecule is COC(=O)[C@@]1(C)CC[C@]2(C)CC[C@]3(C)C(=CC(=O)[C@@H]4[C@@]5(C)CC[C@H](O[C@@H]6O[C@H](COCc7ccccc7)[C@@H](OC(C)=O)[C@H](OC(C)=O)[C@H]6OC(C)=O)C(C)(C)[C@@H]5CC[C@]43C)[C@H]2C1. The Hall–Kier alpha value is -3.61. The fraction of sp³-hybridized carbons (Fsp3) is 0.740. The topological polar surface area (TPSA) is 150 Å². The van der Waals surface area contributed by atoms with Gasteiger partial charge in [-0.2, -0.15) is 0 Å². The molecule has 6 aliphatic rings. The van der Waals surface area contributed by atoms with Crippen LogP contribution < -0.4 is 0 Å². The summed E-state index contributed by atoms with van der Waals surface area (Å²) in [5.41, 5.74) is 0.247. The van der Waals surface area contributed by atoms with Gasteiger partial charge in [-0.15, -0.1) is 0 Å². The van der Waals surface area contributed by atoms with Crippen molar-refractivity contribution in [3.05, 3.63) is 47.5 Å². The predicted octanol–water partition coefficient (Wildman–Crippen LogP) is 8.26. The molecule has 5 fully saturated rings. The van der Waals surface area contributed by atoms with Crippen LogP contribution in [0.3, 0.4) is 0 Å². The maximum atomic E-state index is 15.1. The Balaban J connectivity index is 1.18. The number of ether oxygens (including phenoxy) is 7. The number of allylic oxidation sites excluding steroid dienone is 2. The third-order valence-electron chi connectivity index (χ3n) is 17.4. The second-order valence-corrected chi connectivity index (χ2v) is 21.5. The summed E-state index contributed by atoms with van der Waals surface area (Å²) in [4.78, 5) is 66.1. The molecular weight excluding hydrogens is 793 g/mol. The van der Waals surface area contributed by atoms with Crippen molar-refractivity contribution in [3.63, 3.8) is 0 Å². The van der Waals surface area contributed by atoms with Gasteiger partial charge < -0.3 is 33.2 Å². The van der Waals surface area contributed by atoms with Gasteiger partial charge >= 0.3 is 23.9 Å². The van der Waals surface area contributed by atoms with Crippen LogP contribution in [0.15, 0.2) is 42.0 Å². The van der Waals surface area contributed by atoms with Crippen LogP contribution >= 0.6 is 0 Å². The Morgan fingerprint density at radius 1 is 0.758 bits per heavy atom. The van der Waals surface area contributed by atoms with Gasteiger partial charge in [-0.25, -0.2) is 0 Å². The molecule has 0 radical (unpaired) electrons. The molecule has 0 amide bonds. The number of carbonyl (C=O) groups excluding carboxylic acids is 5. The van der Waals surface area contributed by atoms with Crippen molar-refractivity contribution in [3.8, 4) is 0 Å². The summed E-state index contributed by atoms with van der Waals surface area (Å²) in [5.74, 6) is -1.91. The first-order chi connectivity index (χ1) is 29.0. The van der Waals surface area contributed by atoms with Gasteiger partial charge in [0.25, 0.3) is 0 Å². The van der Waals surface area contributed by atoms with E-state index in [2.05, 4.69) is 41.5 Å². The van der Waals surface area contributed by atoms with Gasteiger partial charge in [0, 0.05) is 26.7 Å². The lowest BCUT2D eigenvalue weighted by molar-refractivity contribution is -0.333. The predicted molar refractivity (Wildman–Crippen MR) is 228 cm³/mol. The van der Waals surface area contributed by atoms with Crippen molar-refractivity contribution in [2.75, 3.05) is 13.7 Å². The highest BCUT2D eigenvalue weighted by atomic mass is 16.7. The van der Waals surface area contributed by atoms with Crippen LogP contribution in [0.2, 0.25) is 0 Å². The van der Waals surface area contributed by atoms with E-state index >= 15 is 4.79 Å². The fourth-order valence-corrected chi connectivity index (χ4v) is 14.0. The fourth-order valence-electron chi connectivity index (χ4n) is 14.0. The van der Waals surface area contributed by atoms with E-state index in [9.17, 15) is 19.2 Å². The molecule has 1 heterocycles. The van der Waals surface area contributed by atoms with Crippen LogP contribution in [0.1, 0.15) is 133 Å². The molecule has 12 nitrogen and oxygen atoms in total. The number of fused-ring (bicyclic) bond motifs is 7. The minimum absolute atomic E-state index is 0.0195. The van der Waals surface area contributed by atoms with Crippen LogP contribution in [0, 0.1) is 50.2 Å². The van der Waals surface area contributed by atoms with Crippen LogP contribution in [-0.2, 0) is 63.7 Å². The lowest BCUT2D eigenvalue weighted by Gasteiger charge is -2.70. The number of carbonyl (C=O) groups is 5. The second kappa shape index (κ2) is 16.7. The molecule has 7 rings (SSSR count). The quantitative estimate of drug-likeness (QED) is 0.127. The van der Waals surface area contributed by atoms with Gasteiger partial charge in [0.1, 0.15) is 6.10 Å². The molecule has 5 aliphatic carbocycles. The molecule has 1 aromatic rings. The molecule has 1 aliphatic heterocycles. The molecule has 0 spiro atoms. The molecule has 1 saturated heterocycles. The Bertz CT molecular complexity index is 1940. The highest BCUT2D eigenvalue weighted by Gasteiger charge is 2.71. The smallest absolute Gasteiger partial charge is 0.311 e. The Morgan fingerprint density at radius 3 is 2.03 bits per heavy atom. The summed E-state index contributed by atoms with van der Waals surface area (Å²) in [5, 5.41) is 0. The lowest BCUT2D eigenvalue weighted by Crippen LogP contribution is -2.67. The summed E-state index contributed by atoms with van der Waals surface area (Å²) in [6.45, 7) is 19.9. The molecule has 62 heavy (non-hydrogen) atoms. The van der Waals surface area contributed by atoms with Gasteiger partial charge in [-0.3, -0.25) is 24.0 Å². The zero-order valence-corrected chi connectivity index (χ0v) is 38.8. The molecule has 14 atom stereocenters. The zero-order chi connectivity index (χ0) is 45.2. The van der Waals surface area contributed by atoms with Crippen molar-refractivity contribution < 1.29 is 57.1 Å². The lowest BCUT2D eigenvalue weighted by atomic mass is 9.33. The van der Waals surface area contributed by atoms with Gasteiger partial charge in [0.2, 0.25) is 0 Å². The standard InChI is InChI=1S/C50H70O12/c1-29(51)58-39-36(28-57-27-32-15-13-12-14-16-32)61-43(41(60-31(3)53)40(39)59-30(2)52)62-38-18-19-48(8)37(45(38,4)5)17-20-50(10)42(48)35(54)25-33-34-26-47(7,44(55)56-11)22-21-46(34,6)23-24-49(33,50)9/h12-16,25,34,36-43H,17-24,26-28H2,1-11H3/t34-,36-,37+,38+,39-,40+,41-,42-,43+,46-,47+,48+,49-,50-/m1/s1. The number of hydrogen-bond acceptors (Lipinski definition) is 12. The Kier molecular flexibility index (Phi) is 12.5. The van der Waals surface area contributed by atoms with Crippen LogP contribution in [0.4, 0.5) is 0 Å². The number of ketones is 1.